The molecule has 2 aromatic carbocycles. The molecule has 2 fully saturated rings. The van der Waals surface area contributed by atoms with Crippen molar-refractivity contribution in [3.8, 4) is 0 Å². The van der Waals surface area contributed by atoms with Crippen molar-refractivity contribution in [1.82, 2.24) is 4.90 Å². The highest BCUT2D eigenvalue weighted by atomic mass is 32.2. The Kier molecular flexibility index (Phi) is 4.09. The Morgan fingerprint density at radius 1 is 0.880 bits per heavy atom. The summed E-state index contributed by atoms with van der Waals surface area (Å²) in [6.07, 6.45) is 0. The van der Waals surface area contributed by atoms with Gasteiger partial charge in [0, 0.05) is 18.3 Å². The molecule has 0 radical (unpaired) electrons. The summed E-state index contributed by atoms with van der Waals surface area (Å²) in [6, 6.07) is 18.8. The van der Waals surface area contributed by atoms with Gasteiger partial charge in [-0.25, -0.2) is 8.42 Å². The van der Waals surface area contributed by atoms with Crippen molar-refractivity contribution in [2.45, 2.75) is 18.6 Å². The Morgan fingerprint density at radius 3 is 2.16 bits per heavy atom. The van der Waals surface area contributed by atoms with Gasteiger partial charge in [-0.15, -0.1) is 0 Å². The Bertz CT molecular complexity index is 868. The molecule has 2 atom stereocenters. The number of amides is 1. The maximum Gasteiger partial charge on any atom is 0.241 e. The van der Waals surface area contributed by atoms with Gasteiger partial charge in [-0.2, -0.15) is 0 Å². The lowest BCUT2D eigenvalue weighted by Gasteiger charge is -2.43. The molecule has 4 rings (SSSR count). The third-order valence-corrected chi connectivity index (χ3v) is 6.66. The van der Waals surface area contributed by atoms with Crippen LogP contribution in [-0.2, 0) is 21.2 Å². The highest BCUT2D eigenvalue weighted by Crippen LogP contribution is 2.32. The van der Waals surface area contributed by atoms with E-state index in [0.717, 1.165) is 11.3 Å². The van der Waals surface area contributed by atoms with Gasteiger partial charge in [0.05, 0.1) is 24.1 Å². The Morgan fingerprint density at radius 2 is 1.48 bits per heavy atom. The van der Waals surface area contributed by atoms with E-state index in [1.807, 2.05) is 65.6 Å². The number of piperazine rings is 1. The number of hydrogen-bond donors (Lipinski definition) is 0. The number of carbonyl (C=O) groups excluding carboxylic acids is 1. The van der Waals surface area contributed by atoms with E-state index in [-0.39, 0.29) is 36.0 Å². The zero-order valence-electron chi connectivity index (χ0n) is 13.8. The fourth-order valence-corrected chi connectivity index (χ4v) is 5.85. The second kappa shape index (κ2) is 6.28. The van der Waals surface area contributed by atoms with E-state index in [2.05, 4.69) is 0 Å². The molecule has 0 N–H and O–H groups in total. The molecule has 0 bridgehead atoms. The zero-order valence-corrected chi connectivity index (χ0v) is 14.6. The molecule has 5 nitrogen and oxygen atoms in total. The first-order valence-electron chi connectivity index (χ1n) is 8.39. The van der Waals surface area contributed by atoms with Gasteiger partial charge in [0.2, 0.25) is 5.91 Å². The summed E-state index contributed by atoms with van der Waals surface area (Å²) in [6.45, 7) is 0.826. The number of sulfone groups is 1. The lowest BCUT2D eigenvalue weighted by atomic mass is 10.0. The molecular formula is C19H20N2O3S. The first kappa shape index (κ1) is 16.3. The molecule has 0 aliphatic carbocycles. The van der Waals surface area contributed by atoms with Gasteiger partial charge >= 0.3 is 0 Å². The molecule has 25 heavy (non-hydrogen) atoms. The standard InChI is InChI=1S/C19H20N2O3S/c22-19-12-20(11-15-7-3-1-4-8-15)17-13-25(23,24)14-18(17)21(19)16-9-5-2-6-10-16/h1-10,17-18H,11-14H2/t17-,18+/m1/s1. The molecule has 1 amide bonds. The third kappa shape index (κ3) is 3.19. The summed E-state index contributed by atoms with van der Waals surface area (Å²) in [5.41, 5.74) is 1.87. The molecule has 0 aromatic heterocycles. The van der Waals surface area contributed by atoms with Crippen molar-refractivity contribution in [3.05, 3.63) is 66.2 Å². The topological polar surface area (TPSA) is 57.7 Å². The van der Waals surface area contributed by atoms with E-state index < -0.39 is 9.84 Å². The van der Waals surface area contributed by atoms with Gasteiger partial charge in [-0.1, -0.05) is 48.5 Å². The number of hydrogen-bond acceptors (Lipinski definition) is 4. The average Bonchev–Trinajstić information content (AvgIpc) is 2.92. The maximum absolute atomic E-state index is 12.8. The van der Waals surface area contributed by atoms with Gasteiger partial charge in [-0.3, -0.25) is 9.69 Å². The second-order valence-corrected chi connectivity index (χ2v) is 8.86. The number of benzene rings is 2. The minimum atomic E-state index is -3.15. The van der Waals surface area contributed by atoms with Crippen molar-refractivity contribution in [1.29, 1.82) is 0 Å². The minimum absolute atomic E-state index is 0.0313. The van der Waals surface area contributed by atoms with Crippen molar-refractivity contribution >= 4 is 21.4 Å². The molecular weight excluding hydrogens is 336 g/mol. The van der Waals surface area contributed by atoms with Crippen LogP contribution in [0.15, 0.2) is 60.7 Å². The summed E-state index contributed by atoms with van der Waals surface area (Å²) in [5.74, 6) is 0.102. The lowest BCUT2D eigenvalue weighted by Crippen LogP contribution is -2.61. The van der Waals surface area contributed by atoms with E-state index in [0.29, 0.717) is 6.54 Å². The Labute approximate surface area is 147 Å². The SMILES string of the molecule is O=C1CN(Cc2ccccc2)[C@@H]2CS(=O)(=O)C[C@@H]2N1c1ccccc1. The molecule has 2 aliphatic rings. The van der Waals surface area contributed by atoms with Gasteiger partial charge in [0.1, 0.15) is 0 Å². The number of carbonyl (C=O) groups is 1. The van der Waals surface area contributed by atoms with Crippen LogP contribution in [0.2, 0.25) is 0 Å². The largest absolute Gasteiger partial charge is 0.306 e. The summed E-state index contributed by atoms with van der Waals surface area (Å²) < 4.78 is 24.6. The molecule has 2 aliphatic heterocycles. The third-order valence-electron chi connectivity index (χ3n) is 4.96. The summed E-state index contributed by atoms with van der Waals surface area (Å²) in [4.78, 5) is 16.5. The van der Waals surface area contributed by atoms with Crippen LogP contribution in [0.5, 0.6) is 0 Å². The van der Waals surface area contributed by atoms with Crippen LogP contribution in [0.4, 0.5) is 5.69 Å². The summed E-state index contributed by atoms with van der Waals surface area (Å²) in [5, 5.41) is 0. The van der Waals surface area contributed by atoms with E-state index in [1.54, 1.807) is 4.90 Å². The number of rotatable bonds is 3. The molecule has 0 unspecified atom stereocenters. The monoisotopic (exact) mass is 356 g/mol. The van der Waals surface area contributed by atoms with Gasteiger partial charge in [0.15, 0.2) is 9.84 Å². The molecule has 0 saturated carbocycles. The molecule has 2 heterocycles. The van der Waals surface area contributed by atoms with Gasteiger partial charge < -0.3 is 4.90 Å². The maximum atomic E-state index is 12.8. The van der Waals surface area contributed by atoms with Crippen LogP contribution in [0, 0.1) is 0 Å². The molecule has 0 spiro atoms. The van der Waals surface area contributed by atoms with Crippen molar-refractivity contribution in [2.75, 3.05) is 23.0 Å². The molecule has 2 saturated heterocycles. The van der Waals surface area contributed by atoms with Crippen LogP contribution in [-0.4, -0.2) is 49.4 Å². The molecule has 2 aromatic rings. The van der Waals surface area contributed by atoms with Crippen molar-refractivity contribution in [2.24, 2.45) is 0 Å². The van der Waals surface area contributed by atoms with E-state index in [4.69, 9.17) is 0 Å². The zero-order chi connectivity index (χ0) is 17.4. The van der Waals surface area contributed by atoms with E-state index >= 15 is 0 Å². The smallest absolute Gasteiger partial charge is 0.241 e. The normalized spacial score (nSPS) is 25.8. The molecule has 130 valence electrons. The molecule has 6 heteroatoms. The van der Waals surface area contributed by atoms with Crippen LogP contribution < -0.4 is 4.90 Å². The fraction of sp³-hybridized carbons (Fsp3) is 0.316. The van der Waals surface area contributed by atoms with Crippen LogP contribution in [0.1, 0.15) is 5.56 Å². The minimum Gasteiger partial charge on any atom is -0.306 e. The fourth-order valence-electron chi connectivity index (χ4n) is 3.87. The summed E-state index contributed by atoms with van der Waals surface area (Å²) >= 11 is 0. The van der Waals surface area contributed by atoms with E-state index in [1.165, 1.54) is 0 Å². The number of anilines is 1. The highest BCUT2D eigenvalue weighted by molar-refractivity contribution is 7.91. The van der Waals surface area contributed by atoms with Crippen LogP contribution in [0.25, 0.3) is 0 Å². The Hall–Kier alpha value is -2.18. The lowest BCUT2D eigenvalue weighted by molar-refractivity contribution is -0.123. The Balaban J connectivity index is 1.67. The van der Waals surface area contributed by atoms with Gasteiger partial charge in [0.25, 0.3) is 0 Å². The van der Waals surface area contributed by atoms with Crippen LogP contribution >= 0.6 is 0 Å². The van der Waals surface area contributed by atoms with Gasteiger partial charge in [-0.05, 0) is 17.7 Å². The second-order valence-electron chi connectivity index (χ2n) is 6.70. The number of fused-ring (bicyclic) bond motifs is 1. The summed E-state index contributed by atoms with van der Waals surface area (Å²) in [7, 11) is -3.15. The van der Waals surface area contributed by atoms with Crippen LogP contribution in [0.3, 0.4) is 0 Å². The highest BCUT2D eigenvalue weighted by Gasteiger charge is 2.49. The average molecular weight is 356 g/mol. The first-order chi connectivity index (χ1) is 12.0. The quantitative estimate of drug-likeness (QED) is 0.840. The van der Waals surface area contributed by atoms with E-state index in [9.17, 15) is 13.2 Å². The van der Waals surface area contributed by atoms with Crippen molar-refractivity contribution < 1.29 is 13.2 Å². The first-order valence-corrected chi connectivity index (χ1v) is 10.2. The predicted octanol–water partition coefficient (Wildman–Crippen LogP) is 1.70. The van der Waals surface area contributed by atoms with Crippen molar-refractivity contribution in [3.63, 3.8) is 0 Å². The number of para-hydroxylation sites is 1. The number of nitrogens with zero attached hydrogens (tertiary/aromatic N) is 2. The predicted molar refractivity (Wildman–Crippen MR) is 97.0 cm³/mol.